The van der Waals surface area contributed by atoms with Crippen molar-refractivity contribution >= 4 is 26.4 Å². The molecule has 0 amide bonds. The first-order chi connectivity index (χ1) is 14.3. The molecule has 0 spiro atoms. The zero-order chi connectivity index (χ0) is 22.9. The number of ketones is 1. The molecule has 0 radical (unpaired) electrons. The zero-order valence-electron chi connectivity index (χ0n) is 17.7. The van der Waals surface area contributed by atoms with Gasteiger partial charge < -0.3 is 9.53 Å². The first kappa shape index (κ1) is 23.4. The van der Waals surface area contributed by atoms with Crippen molar-refractivity contribution < 1.29 is 40.1 Å². The third-order valence-electron chi connectivity index (χ3n) is 8.71. The predicted octanol–water partition coefficient (Wildman–Crippen LogP) is 2.35. The summed E-state index contributed by atoms with van der Waals surface area (Å²) in [7, 11) is -5.31. The van der Waals surface area contributed by atoms with Crippen LogP contribution < -0.4 is 0 Å². The van der Waals surface area contributed by atoms with E-state index in [9.17, 15) is 31.5 Å². The fourth-order valence-corrected chi connectivity index (χ4v) is 7.74. The number of Topliss-reactive ketones (excluding diaryl/α,β-unsaturated/α-hetero) is 1. The van der Waals surface area contributed by atoms with Crippen LogP contribution in [0.15, 0.2) is 11.6 Å². The van der Waals surface area contributed by atoms with E-state index in [4.69, 9.17) is 4.43 Å². The van der Waals surface area contributed by atoms with E-state index in [0.717, 1.165) is 12.0 Å². The number of hydrogen-bond acceptors (Lipinski definition) is 6. The number of carbonyl (C=O) groups is 1. The fraction of sp³-hybridized carbons (Fsp3) is 0.850. The average Bonchev–Trinajstić information content (AvgIpc) is 3.03. The largest absolute Gasteiger partial charge is 0.523 e. The Bertz CT molecular complexity index is 905. The minimum Gasteiger partial charge on any atom is -0.401 e. The summed E-state index contributed by atoms with van der Waals surface area (Å²) < 4.78 is 71.2. The van der Waals surface area contributed by atoms with Crippen molar-refractivity contribution in [1.29, 1.82) is 0 Å². The van der Waals surface area contributed by atoms with Gasteiger partial charge in [-0.15, -0.1) is 0 Å². The molecule has 4 aliphatic rings. The molecule has 3 saturated carbocycles. The number of halogens is 3. The van der Waals surface area contributed by atoms with Crippen LogP contribution in [0.1, 0.15) is 58.3 Å². The number of fused-ring (bicyclic) bond motifs is 5. The Morgan fingerprint density at radius 3 is 2.58 bits per heavy atom. The topological polar surface area (TPSA) is 89.9 Å². The molecular weight excluding hydrogens is 453 g/mol. The summed E-state index contributed by atoms with van der Waals surface area (Å²) in [5.41, 5.74) is -5.68. The summed E-state index contributed by atoms with van der Waals surface area (Å²) in [6, 6.07) is 0. The van der Waals surface area contributed by atoms with E-state index in [1.54, 1.807) is 0 Å². The van der Waals surface area contributed by atoms with E-state index in [1.807, 2.05) is 0 Å². The van der Waals surface area contributed by atoms with E-state index in [0.29, 0.717) is 49.0 Å². The van der Waals surface area contributed by atoms with Gasteiger partial charge in [0.1, 0.15) is 16.3 Å². The first-order valence-corrected chi connectivity index (χ1v) is 13.0. The zero-order valence-corrected chi connectivity index (χ0v) is 20.5. The molecular formula is C20H29F3O6SSi. The molecule has 6 atom stereocenters. The first-order valence-electron chi connectivity index (χ1n) is 10.7. The maximum atomic E-state index is 12.8. The van der Waals surface area contributed by atoms with Crippen LogP contribution in [0, 0.1) is 28.6 Å². The van der Waals surface area contributed by atoms with Gasteiger partial charge >= 0.3 is 15.6 Å². The Hall–Kier alpha value is -0.753. The van der Waals surface area contributed by atoms with Crippen molar-refractivity contribution in [2.45, 2.75) is 69.6 Å². The summed E-state index contributed by atoms with van der Waals surface area (Å²) in [4.78, 5) is 12.8. The number of carbonyl (C=O) groups excluding carboxylic acids is 1. The van der Waals surface area contributed by atoms with Crippen molar-refractivity contribution in [3.63, 3.8) is 0 Å². The second-order valence-electron chi connectivity index (χ2n) is 9.91. The lowest BCUT2D eigenvalue weighted by atomic mass is 9.47. The van der Waals surface area contributed by atoms with Crippen LogP contribution in [0.2, 0.25) is 0 Å². The standard InChI is InChI=1S/C20H29F3O6SSi/c1-17-8-9-19(25,29-31)10-12(17)2-3-13-14(17)6-7-18(15(13)4-5-16(18)24)11-28-30(26,27)20(21,22)23/h2,13-15,25H,3-11H2,1,31H3/t13-,14+,15+,17+,18-,19+/m1/s1. The van der Waals surface area contributed by atoms with Gasteiger partial charge in [-0.2, -0.15) is 21.6 Å². The second-order valence-corrected chi connectivity index (χ2v) is 11.9. The third kappa shape index (κ3) is 3.55. The Kier molecular flexibility index (Phi) is 5.57. The molecule has 1 N–H and O–H groups in total. The van der Waals surface area contributed by atoms with Crippen LogP contribution in [-0.2, 0) is 23.5 Å². The normalized spacial score (nSPS) is 43.2. The van der Waals surface area contributed by atoms with Gasteiger partial charge in [-0.3, -0.25) is 8.98 Å². The van der Waals surface area contributed by atoms with Crippen LogP contribution in [0.4, 0.5) is 13.2 Å². The number of aliphatic hydroxyl groups is 1. The Balaban J connectivity index is 1.61. The molecule has 0 aromatic carbocycles. The maximum Gasteiger partial charge on any atom is 0.523 e. The third-order valence-corrected chi connectivity index (χ3v) is 10.5. The van der Waals surface area contributed by atoms with Gasteiger partial charge in [0.15, 0.2) is 5.79 Å². The highest BCUT2D eigenvalue weighted by Crippen LogP contribution is 2.65. The van der Waals surface area contributed by atoms with E-state index in [1.165, 1.54) is 0 Å². The van der Waals surface area contributed by atoms with Gasteiger partial charge in [0.2, 0.25) is 0 Å². The fourth-order valence-electron chi connectivity index (χ4n) is 6.89. The minimum atomic E-state index is -5.74. The number of allylic oxidation sites excluding steroid dienone is 1. The van der Waals surface area contributed by atoms with Crippen LogP contribution in [-0.4, -0.2) is 47.7 Å². The summed E-state index contributed by atoms with van der Waals surface area (Å²) in [5, 5.41) is 10.6. The molecule has 6 nitrogen and oxygen atoms in total. The highest BCUT2D eigenvalue weighted by atomic mass is 32.2. The molecule has 3 fully saturated rings. The van der Waals surface area contributed by atoms with Gasteiger partial charge in [-0.25, -0.2) is 0 Å². The molecule has 0 saturated heterocycles. The molecule has 0 aromatic rings. The maximum absolute atomic E-state index is 12.8. The van der Waals surface area contributed by atoms with Gasteiger partial charge in [0, 0.05) is 19.3 Å². The molecule has 0 aromatic heterocycles. The van der Waals surface area contributed by atoms with Gasteiger partial charge in [0.25, 0.3) is 0 Å². The molecule has 11 heteroatoms. The minimum absolute atomic E-state index is 0.0780. The molecule has 4 rings (SSSR count). The van der Waals surface area contributed by atoms with Crippen molar-refractivity contribution in [2.75, 3.05) is 6.61 Å². The van der Waals surface area contributed by atoms with E-state index < -0.39 is 33.4 Å². The van der Waals surface area contributed by atoms with Gasteiger partial charge in [0.05, 0.1) is 12.0 Å². The highest BCUT2D eigenvalue weighted by molar-refractivity contribution is 7.87. The van der Waals surface area contributed by atoms with Crippen molar-refractivity contribution in [1.82, 2.24) is 0 Å². The van der Waals surface area contributed by atoms with Crippen LogP contribution in [0.3, 0.4) is 0 Å². The summed E-state index contributed by atoms with van der Waals surface area (Å²) in [6.07, 6.45) is 6.23. The molecule has 176 valence electrons. The monoisotopic (exact) mass is 482 g/mol. The molecule has 0 aliphatic heterocycles. The van der Waals surface area contributed by atoms with Crippen LogP contribution in [0.25, 0.3) is 0 Å². The Morgan fingerprint density at radius 2 is 1.94 bits per heavy atom. The summed E-state index contributed by atoms with van der Waals surface area (Å²) in [6.45, 7) is 1.44. The lowest BCUT2D eigenvalue weighted by Gasteiger charge is -2.58. The Labute approximate surface area is 183 Å². The number of hydrogen-bond donors (Lipinski definition) is 1. The van der Waals surface area contributed by atoms with Crippen LogP contribution in [0.5, 0.6) is 0 Å². The molecule has 0 heterocycles. The highest BCUT2D eigenvalue weighted by Gasteiger charge is 2.62. The molecule has 0 unspecified atom stereocenters. The lowest BCUT2D eigenvalue weighted by molar-refractivity contribution is -0.168. The quantitative estimate of drug-likeness (QED) is 0.218. The molecule has 31 heavy (non-hydrogen) atoms. The number of rotatable bonds is 4. The second kappa shape index (κ2) is 7.38. The number of alkyl halides is 3. The van der Waals surface area contributed by atoms with Crippen LogP contribution >= 0.6 is 0 Å². The average molecular weight is 483 g/mol. The molecule has 0 bridgehead atoms. The predicted molar refractivity (Wildman–Crippen MR) is 108 cm³/mol. The Morgan fingerprint density at radius 1 is 1.23 bits per heavy atom. The molecule has 4 aliphatic carbocycles. The lowest BCUT2D eigenvalue weighted by Crippen LogP contribution is -2.54. The summed E-state index contributed by atoms with van der Waals surface area (Å²) >= 11 is 0. The van der Waals surface area contributed by atoms with E-state index in [-0.39, 0.29) is 35.4 Å². The summed E-state index contributed by atoms with van der Waals surface area (Å²) in [5.74, 6) is -1.20. The van der Waals surface area contributed by atoms with E-state index >= 15 is 0 Å². The van der Waals surface area contributed by atoms with Crippen molar-refractivity contribution in [3.05, 3.63) is 11.6 Å². The SMILES string of the molecule is C[C@]12CC[C@](O)(O[SiH3])CC1=CC[C@H]1[C@@H]3CCC(=O)[C@@]3(COS(=O)(=O)C(F)(F)F)CC[C@@H]12. The van der Waals surface area contributed by atoms with E-state index in [2.05, 4.69) is 17.2 Å². The smallest absolute Gasteiger partial charge is 0.401 e. The van der Waals surface area contributed by atoms with Gasteiger partial charge in [-0.05, 0) is 55.3 Å². The van der Waals surface area contributed by atoms with Crippen molar-refractivity contribution in [2.24, 2.45) is 28.6 Å². The van der Waals surface area contributed by atoms with Gasteiger partial charge in [-0.1, -0.05) is 18.6 Å². The van der Waals surface area contributed by atoms with Crippen molar-refractivity contribution in [3.8, 4) is 0 Å².